The lowest BCUT2D eigenvalue weighted by Crippen LogP contribution is -1.98. The molecule has 0 saturated heterocycles. The lowest BCUT2D eigenvalue weighted by molar-refractivity contribution is 1.00. The summed E-state index contributed by atoms with van der Waals surface area (Å²) in [5.74, 6) is 1.67. The molecule has 0 atom stereocenters. The van der Waals surface area contributed by atoms with Crippen LogP contribution in [0.15, 0.2) is 61.1 Å². The Morgan fingerprint density at radius 3 is 2.67 bits per heavy atom. The smallest absolute Gasteiger partial charge is 0.145 e. The molecule has 1 aromatic carbocycles. The largest absolute Gasteiger partial charge is 0.284 e. The molecular weight excluding hydrogens is 246 g/mol. The monoisotopic (exact) mass is 255 g/mol. The van der Waals surface area contributed by atoms with Crippen LogP contribution in [0.4, 0.5) is 0 Å². The van der Waals surface area contributed by atoms with Crippen molar-refractivity contribution in [3.8, 4) is 17.2 Å². The fourth-order valence-corrected chi connectivity index (χ4v) is 2.02. The second-order valence-electron chi connectivity index (χ2n) is 3.82. The topological polar surface area (TPSA) is 30.7 Å². The van der Waals surface area contributed by atoms with Gasteiger partial charge in [0.25, 0.3) is 0 Å². The highest BCUT2D eigenvalue weighted by Gasteiger charge is 2.08. The van der Waals surface area contributed by atoms with Crippen LogP contribution in [-0.2, 0) is 0 Å². The Labute approximate surface area is 110 Å². The van der Waals surface area contributed by atoms with Crippen molar-refractivity contribution < 1.29 is 0 Å². The minimum absolute atomic E-state index is 0.697. The van der Waals surface area contributed by atoms with E-state index in [9.17, 15) is 0 Å². The second kappa shape index (κ2) is 4.63. The lowest BCUT2D eigenvalue weighted by Gasteiger charge is -2.06. The number of hydrogen-bond acceptors (Lipinski definition) is 2. The molecule has 0 amide bonds. The normalized spacial score (nSPS) is 10.5. The molecule has 0 spiro atoms. The quantitative estimate of drug-likeness (QED) is 0.701. The summed E-state index contributed by atoms with van der Waals surface area (Å²) in [5, 5.41) is 0.697. The molecule has 88 valence electrons. The average molecular weight is 256 g/mol. The van der Waals surface area contributed by atoms with Gasteiger partial charge in [-0.3, -0.25) is 4.57 Å². The first kappa shape index (κ1) is 11.0. The standard InChI is InChI=1S/C14H10ClN3/c15-12-5-3-4-11(10-12)14-17-8-9-18(14)13-6-1-2-7-16-13/h1-10H. The Hall–Kier alpha value is -2.13. The zero-order valence-corrected chi connectivity index (χ0v) is 10.2. The summed E-state index contributed by atoms with van der Waals surface area (Å²) in [6.45, 7) is 0. The number of aromatic nitrogens is 3. The predicted molar refractivity (Wildman–Crippen MR) is 71.8 cm³/mol. The van der Waals surface area contributed by atoms with Gasteiger partial charge in [0.05, 0.1) is 0 Å². The molecule has 3 aromatic rings. The minimum atomic E-state index is 0.697. The predicted octanol–water partition coefficient (Wildman–Crippen LogP) is 3.59. The van der Waals surface area contributed by atoms with Crippen LogP contribution in [0.5, 0.6) is 0 Å². The van der Waals surface area contributed by atoms with Gasteiger partial charge in [-0.15, -0.1) is 0 Å². The van der Waals surface area contributed by atoms with Crippen molar-refractivity contribution >= 4 is 11.6 Å². The van der Waals surface area contributed by atoms with Crippen molar-refractivity contribution in [3.05, 3.63) is 66.1 Å². The van der Waals surface area contributed by atoms with E-state index in [0.717, 1.165) is 17.2 Å². The maximum atomic E-state index is 6.01. The number of rotatable bonds is 2. The molecule has 3 nitrogen and oxygen atoms in total. The number of pyridine rings is 1. The number of hydrogen-bond donors (Lipinski definition) is 0. The molecular formula is C14H10ClN3. The van der Waals surface area contributed by atoms with Crippen LogP contribution in [0.2, 0.25) is 5.02 Å². The van der Waals surface area contributed by atoms with Gasteiger partial charge in [0.2, 0.25) is 0 Å². The summed E-state index contributed by atoms with van der Waals surface area (Å²) in [6, 6.07) is 13.4. The first-order valence-electron chi connectivity index (χ1n) is 5.55. The highest BCUT2D eigenvalue weighted by molar-refractivity contribution is 6.30. The van der Waals surface area contributed by atoms with Crippen molar-refractivity contribution in [1.82, 2.24) is 14.5 Å². The van der Waals surface area contributed by atoms with Crippen LogP contribution >= 0.6 is 11.6 Å². The van der Waals surface area contributed by atoms with Crippen molar-refractivity contribution in [1.29, 1.82) is 0 Å². The minimum Gasteiger partial charge on any atom is -0.284 e. The molecule has 2 heterocycles. The maximum Gasteiger partial charge on any atom is 0.145 e. The van der Waals surface area contributed by atoms with E-state index >= 15 is 0 Å². The summed E-state index contributed by atoms with van der Waals surface area (Å²) >= 11 is 6.01. The Balaban J connectivity index is 2.13. The van der Waals surface area contributed by atoms with E-state index < -0.39 is 0 Å². The third-order valence-electron chi connectivity index (χ3n) is 2.62. The van der Waals surface area contributed by atoms with Gasteiger partial charge in [-0.25, -0.2) is 9.97 Å². The Morgan fingerprint density at radius 2 is 1.89 bits per heavy atom. The van der Waals surface area contributed by atoms with Gasteiger partial charge in [-0.1, -0.05) is 29.8 Å². The highest BCUT2D eigenvalue weighted by Crippen LogP contribution is 2.23. The van der Waals surface area contributed by atoms with Crippen LogP contribution in [0.3, 0.4) is 0 Å². The third-order valence-corrected chi connectivity index (χ3v) is 2.85. The summed E-state index contributed by atoms with van der Waals surface area (Å²) < 4.78 is 1.94. The Morgan fingerprint density at radius 1 is 0.944 bits per heavy atom. The molecule has 4 heteroatoms. The zero-order chi connectivity index (χ0) is 12.4. The summed E-state index contributed by atoms with van der Waals surface area (Å²) in [4.78, 5) is 8.69. The Kier molecular flexibility index (Phi) is 2.82. The van der Waals surface area contributed by atoms with E-state index in [1.165, 1.54) is 0 Å². The second-order valence-corrected chi connectivity index (χ2v) is 4.26. The summed E-state index contributed by atoms with van der Waals surface area (Å²) in [6.07, 6.45) is 5.40. The third kappa shape index (κ3) is 2.00. The fraction of sp³-hybridized carbons (Fsp3) is 0. The molecule has 0 N–H and O–H groups in total. The van der Waals surface area contributed by atoms with E-state index in [4.69, 9.17) is 11.6 Å². The van der Waals surface area contributed by atoms with Gasteiger partial charge in [-0.2, -0.15) is 0 Å². The van der Waals surface area contributed by atoms with Crippen LogP contribution < -0.4 is 0 Å². The zero-order valence-electron chi connectivity index (χ0n) is 9.49. The van der Waals surface area contributed by atoms with Gasteiger partial charge < -0.3 is 0 Å². The van der Waals surface area contributed by atoms with Crippen LogP contribution in [-0.4, -0.2) is 14.5 Å². The molecule has 3 rings (SSSR count). The molecule has 0 bridgehead atoms. The molecule has 0 aliphatic rings. The van der Waals surface area contributed by atoms with E-state index in [1.54, 1.807) is 12.4 Å². The van der Waals surface area contributed by atoms with Gasteiger partial charge in [0.1, 0.15) is 11.6 Å². The highest BCUT2D eigenvalue weighted by atomic mass is 35.5. The molecule has 18 heavy (non-hydrogen) atoms. The van der Waals surface area contributed by atoms with Crippen molar-refractivity contribution in [3.63, 3.8) is 0 Å². The van der Waals surface area contributed by atoms with E-state index in [2.05, 4.69) is 9.97 Å². The van der Waals surface area contributed by atoms with E-state index in [-0.39, 0.29) is 0 Å². The number of nitrogens with zero attached hydrogens (tertiary/aromatic N) is 3. The lowest BCUT2D eigenvalue weighted by atomic mass is 10.2. The van der Waals surface area contributed by atoms with Crippen molar-refractivity contribution in [2.75, 3.05) is 0 Å². The molecule has 0 fully saturated rings. The van der Waals surface area contributed by atoms with Gasteiger partial charge >= 0.3 is 0 Å². The average Bonchev–Trinajstić information content (AvgIpc) is 2.89. The van der Waals surface area contributed by atoms with E-state index in [1.807, 2.05) is 53.2 Å². The summed E-state index contributed by atoms with van der Waals surface area (Å²) in [5.41, 5.74) is 0.971. The first-order chi connectivity index (χ1) is 8.84. The van der Waals surface area contributed by atoms with Crippen LogP contribution in [0.25, 0.3) is 17.2 Å². The molecule has 2 aromatic heterocycles. The molecule has 0 aliphatic heterocycles. The number of benzene rings is 1. The fourth-order valence-electron chi connectivity index (χ4n) is 1.83. The van der Waals surface area contributed by atoms with Gasteiger partial charge in [0, 0.05) is 29.2 Å². The van der Waals surface area contributed by atoms with Crippen molar-refractivity contribution in [2.24, 2.45) is 0 Å². The summed E-state index contributed by atoms with van der Waals surface area (Å²) in [7, 11) is 0. The maximum absolute atomic E-state index is 6.01. The first-order valence-corrected chi connectivity index (χ1v) is 5.93. The number of halogens is 1. The SMILES string of the molecule is Clc1cccc(-c2nccn2-c2ccccn2)c1. The van der Waals surface area contributed by atoms with E-state index in [0.29, 0.717) is 5.02 Å². The van der Waals surface area contributed by atoms with Gasteiger partial charge in [0.15, 0.2) is 0 Å². The molecule has 0 unspecified atom stereocenters. The molecule has 0 saturated carbocycles. The van der Waals surface area contributed by atoms with Crippen LogP contribution in [0, 0.1) is 0 Å². The Bertz CT molecular complexity index is 662. The van der Waals surface area contributed by atoms with Crippen LogP contribution in [0.1, 0.15) is 0 Å². The van der Waals surface area contributed by atoms with Crippen molar-refractivity contribution in [2.45, 2.75) is 0 Å². The number of imidazole rings is 1. The molecule has 0 aliphatic carbocycles. The molecule has 0 radical (unpaired) electrons. The van der Waals surface area contributed by atoms with Gasteiger partial charge in [-0.05, 0) is 24.3 Å².